The summed E-state index contributed by atoms with van der Waals surface area (Å²) in [5.41, 5.74) is 6.85. The molecular formula is C14H21N3O3. The Bertz CT molecular complexity index is 485. The van der Waals surface area contributed by atoms with E-state index in [9.17, 15) is 9.90 Å². The third-order valence-electron chi connectivity index (χ3n) is 3.72. The molecule has 0 aromatic heterocycles. The molecule has 0 radical (unpaired) electrons. The highest BCUT2D eigenvalue weighted by molar-refractivity contribution is 5.75. The summed E-state index contributed by atoms with van der Waals surface area (Å²) in [4.78, 5) is 15.4. The molecular weight excluding hydrogens is 258 g/mol. The van der Waals surface area contributed by atoms with E-state index in [0.29, 0.717) is 12.1 Å². The monoisotopic (exact) mass is 279 g/mol. The van der Waals surface area contributed by atoms with E-state index in [2.05, 4.69) is 16.8 Å². The summed E-state index contributed by atoms with van der Waals surface area (Å²) in [5.74, 6) is -0.883. The van der Waals surface area contributed by atoms with E-state index in [0.717, 1.165) is 31.7 Å². The molecule has 1 aliphatic rings. The zero-order chi connectivity index (χ0) is 14.7. The number of nitrogens with two attached hydrogens (primary N) is 1. The highest BCUT2D eigenvalue weighted by atomic mass is 16.4. The second kappa shape index (κ2) is 6.21. The molecule has 0 spiro atoms. The highest BCUT2D eigenvalue weighted by Crippen LogP contribution is 2.23. The predicted octanol–water partition coefficient (Wildman–Crippen LogP) is 0.224. The Morgan fingerprint density at radius 3 is 2.60 bits per heavy atom. The minimum Gasteiger partial charge on any atom is -0.508 e. The highest BCUT2D eigenvalue weighted by Gasteiger charge is 2.18. The zero-order valence-corrected chi connectivity index (χ0v) is 11.6. The number of carboxylic acid groups (broad SMARTS) is 1. The van der Waals surface area contributed by atoms with Gasteiger partial charge in [-0.2, -0.15) is 0 Å². The molecule has 4 N–H and O–H groups in total. The molecule has 0 saturated carbocycles. The van der Waals surface area contributed by atoms with Crippen molar-refractivity contribution < 1.29 is 15.0 Å². The van der Waals surface area contributed by atoms with Gasteiger partial charge in [-0.25, -0.2) is 0 Å². The fraction of sp³-hybridized carbons (Fsp3) is 0.500. The first-order valence-corrected chi connectivity index (χ1v) is 6.68. The SMILES string of the molecule is CN1CCN(Cc2cc([C@H](N)C(=O)O)ccc2O)CC1. The van der Waals surface area contributed by atoms with Gasteiger partial charge in [-0.15, -0.1) is 0 Å². The lowest BCUT2D eigenvalue weighted by Gasteiger charge is -2.32. The Balaban J connectivity index is 2.10. The molecule has 1 aromatic rings. The Hall–Kier alpha value is -1.63. The van der Waals surface area contributed by atoms with Crippen molar-refractivity contribution in [3.05, 3.63) is 29.3 Å². The first-order chi connectivity index (χ1) is 9.47. The minimum absolute atomic E-state index is 0.185. The number of likely N-dealkylation sites (N-methyl/N-ethyl adjacent to an activating group) is 1. The van der Waals surface area contributed by atoms with Gasteiger partial charge in [0.25, 0.3) is 0 Å². The molecule has 0 unspecified atom stereocenters. The summed E-state index contributed by atoms with van der Waals surface area (Å²) in [5, 5.41) is 18.9. The third-order valence-corrected chi connectivity index (χ3v) is 3.72. The van der Waals surface area contributed by atoms with Gasteiger partial charge in [-0.3, -0.25) is 9.69 Å². The average molecular weight is 279 g/mol. The lowest BCUT2D eigenvalue weighted by Crippen LogP contribution is -2.43. The average Bonchev–Trinajstić information content (AvgIpc) is 2.43. The second-order valence-corrected chi connectivity index (χ2v) is 5.28. The van der Waals surface area contributed by atoms with Crippen LogP contribution < -0.4 is 5.73 Å². The van der Waals surface area contributed by atoms with Crippen molar-refractivity contribution in [1.82, 2.24) is 9.80 Å². The summed E-state index contributed by atoms with van der Waals surface area (Å²) < 4.78 is 0. The summed E-state index contributed by atoms with van der Waals surface area (Å²) in [6.45, 7) is 4.47. The van der Waals surface area contributed by atoms with Crippen LogP contribution in [0.2, 0.25) is 0 Å². The Morgan fingerprint density at radius 1 is 1.35 bits per heavy atom. The first-order valence-electron chi connectivity index (χ1n) is 6.68. The molecule has 1 heterocycles. The van der Waals surface area contributed by atoms with E-state index in [4.69, 9.17) is 10.8 Å². The lowest BCUT2D eigenvalue weighted by atomic mass is 10.0. The van der Waals surface area contributed by atoms with Crippen LogP contribution in [0.3, 0.4) is 0 Å². The van der Waals surface area contributed by atoms with Gasteiger partial charge in [0.05, 0.1) is 0 Å². The number of carboxylic acids is 1. The van der Waals surface area contributed by atoms with Gasteiger partial charge in [-0.1, -0.05) is 6.07 Å². The van der Waals surface area contributed by atoms with E-state index >= 15 is 0 Å². The lowest BCUT2D eigenvalue weighted by molar-refractivity contribution is -0.138. The Kier molecular flexibility index (Phi) is 4.59. The molecule has 6 heteroatoms. The number of piperazine rings is 1. The van der Waals surface area contributed by atoms with Crippen LogP contribution in [0.25, 0.3) is 0 Å². The summed E-state index contributed by atoms with van der Waals surface area (Å²) in [7, 11) is 2.08. The number of benzene rings is 1. The van der Waals surface area contributed by atoms with E-state index in [1.165, 1.54) is 6.07 Å². The number of aliphatic carboxylic acids is 1. The number of hydrogen-bond donors (Lipinski definition) is 3. The van der Waals surface area contributed by atoms with Crippen molar-refractivity contribution in [1.29, 1.82) is 0 Å². The topological polar surface area (TPSA) is 90.0 Å². The van der Waals surface area contributed by atoms with Crippen LogP contribution in [0.15, 0.2) is 18.2 Å². The van der Waals surface area contributed by atoms with Crippen molar-refractivity contribution >= 4 is 5.97 Å². The van der Waals surface area contributed by atoms with Crippen LogP contribution in [0.4, 0.5) is 0 Å². The van der Waals surface area contributed by atoms with Crippen LogP contribution in [0.5, 0.6) is 5.75 Å². The maximum absolute atomic E-state index is 10.9. The molecule has 2 rings (SSSR count). The Morgan fingerprint density at radius 2 is 2.00 bits per heavy atom. The normalized spacial score (nSPS) is 18.9. The van der Waals surface area contributed by atoms with Crippen molar-refractivity contribution in [2.45, 2.75) is 12.6 Å². The summed E-state index contributed by atoms with van der Waals surface area (Å²) in [6.07, 6.45) is 0. The third kappa shape index (κ3) is 3.47. The van der Waals surface area contributed by atoms with Crippen molar-refractivity contribution in [3.63, 3.8) is 0 Å². The maximum Gasteiger partial charge on any atom is 0.325 e. The van der Waals surface area contributed by atoms with Crippen LogP contribution in [0.1, 0.15) is 17.2 Å². The molecule has 6 nitrogen and oxygen atoms in total. The second-order valence-electron chi connectivity index (χ2n) is 5.28. The zero-order valence-electron chi connectivity index (χ0n) is 11.6. The number of nitrogens with zero attached hydrogens (tertiary/aromatic N) is 2. The van der Waals surface area contributed by atoms with Crippen LogP contribution in [-0.2, 0) is 11.3 Å². The van der Waals surface area contributed by atoms with E-state index in [1.807, 2.05) is 0 Å². The fourth-order valence-electron chi connectivity index (χ4n) is 2.31. The quantitative estimate of drug-likeness (QED) is 0.730. The number of rotatable bonds is 4. The molecule has 1 fully saturated rings. The molecule has 110 valence electrons. The van der Waals surface area contributed by atoms with Gasteiger partial charge in [-0.05, 0) is 24.7 Å². The van der Waals surface area contributed by atoms with Gasteiger partial charge < -0.3 is 20.8 Å². The van der Waals surface area contributed by atoms with Crippen LogP contribution >= 0.6 is 0 Å². The van der Waals surface area contributed by atoms with Gasteiger partial charge in [0.2, 0.25) is 0 Å². The standard InChI is InChI=1S/C14H21N3O3/c1-16-4-6-17(7-5-16)9-11-8-10(2-3-12(11)18)13(15)14(19)20/h2-3,8,13,18H,4-7,9,15H2,1H3,(H,19,20)/t13-/m0/s1. The Labute approximate surface area is 118 Å². The molecule has 0 amide bonds. The predicted molar refractivity (Wildman–Crippen MR) is 75.4 cm³/mol. The van der Waals surface area contributed by atoms with Gasteiger partial charge in [0, 0.05) is 38.3 Å². The number of carbonyl (C=O) groups is 1. The number of phenolic OH excluding ortho intramolecular Hbond substituents is 1. The molecule has 1 atom stereocenters. The maximum atomic E-state index is 10.9. The van der Waals surface area contributed by atoms with Crippen molar-refractivity contribution in [2.75, 3.05) is 33.2 Å². The van der Waals surface area contributed by atoms with Crippen molar-refractivity contribution in [3.8, 4) is 5.75 Å². The molecule has 20 heavy (non-hydrogen) atoms. The molecule has 0 bridgehead atoms. The van der Waals surface area contributed by atoms with Crippen LogP contribution in [-0.4, -0.2) is 59.2 Å². The van der Waals surface area contributed by atoms with E-state index in [-0.39, 0.29) is 5.75 Å². The van der Waals surface area contributed by atoms with Crippen LogP contribution in [0, 0.1) is 0 Å². The number of phenols is 1. The molecule has 1 saturated heterocycles. The number of hydrogen-bond acceptors (Lipinski definition) is 5. The molecule has 0 aliphatic carbocycles. The van der Waals surface area contributed by atoms with Gasteiger partial charge in [0.15, 0.2) is 0 Å². The summed E-state index contributed by atoms with van der Waals surface area (Å²) >= 11 is 0. The summed E-state index contributed by atoms with van der Waals surface area (Å²) in [6, 6.07) is 3.71. The van der Waals surface area contributed by atoms with Gasteiger partial charge >= 0.3 is 5.97 Å². The van der Waals surface area contributed by atoms with E-state index in [1.54, 1.807) is 12.1 Å². The van der Waals surface area contributed by atoms with E-state index < -0.39 is 12.0 Å². The minimum atomic E-state index is -1.07. The molecule has 1 aliphatic heterocycles. The fourth-order valence-corrected chi connectivity index (χ4v) is 2.31. The first kappa shape index (κ1) is 14.8. The number of aromatic hydroxyl groups is 1. The largest absolute Gasteiger partial charge is 0.508 e. The molecule has 1 aromatic carbocycles. The van der Waals surface area contributed by atoms with Gasteiger partial charge in [0.1, 0.15) is 11.8 Å². The van der Waals surface area contributed by atoms with Crippen molar-refractivity contribution in [2.24, 2.45) is 5.73 Å². The smallest absolute Gasteiger partial charge is 0.325 e.